The fourth-order valence-electron chi connectivity index (χ4n) is 4.03. The average Bonchev–Trinajstić information content (AvgIpc) is 3.38. The van der Waals surface area contributed by atoms with Gasteiger partial charge in [0.25, 0.3) is 0 Å². The molecule has 1 fully saturated rings. The highest BCUT2D eigenvalue weighted by Crippen LogP contribution is 2.34. The third kappa shape index (κ3) is 4.08. The van der Waals surface area contributed by atoms with Gasteiger partial charge >= 0.3 is 0 Å². The molecule has 0 aliphatic carbocycles. The third-order valence-corrected chi connectivity index (χ3v) is 5.58. The van der Waals surface area contributed by atoms with E-state index in [4.69, 9.17) is 24.0 Å². The molecule has 0 spiro atoms. The van der Waals surface area contributed by atoms with Crippen LogP contribution in [0, 0.1) is 0 Å². The quantitative estimate of drug-likeness (QED) is 0.610. The van der Waals surface area contributed by atoms with E-state index in [0.29, 0.717) is 33.0 Å². The molecule has 0 radical (unpaired) electrons. The molecular weight excluding hydrogens is 384 g/mol. The van der Waals surface area contributed by atoms with Crippen LogP contribution in [-0.2, 0) is 20.8 Å². The molecule has 4 bridgehead atoms. The SMILES string of the molecule is C[C@@H]1COCCOc2ccc3c(c2)c(nn3C2CCCCO2)-c2cnn(c2)CCO1. The number of fused-ring (bicyclic) bond motifs is 4. The monoisotopic (exact) mass is 412 g/mol. The Morgan fingerprint density at radius 1 is 1.07 bits per heavy atom. The van der Waals surface area contributed by atoms with Crippen LogP contribution in [0.3, 0.4) is 0 Å². The lowest BCUT2D eigenvalue weighted by atomic mass is 10.1. The smallest absolute Gasteiger partial charge is 0.150 e. The van der Waals surface area contributed by atoms with Gasteiger partial charge in [-0.25, -0.2) is 4.68 Å². The van der Waals surface area contributed by atoms with Crippen LogP contribution in [0.2, 0.25) is 0 Å². The molecule has 5 rings (SSSR count). The van der Waals surface area contributed by atoms with Crippen molar-refractivity contribution in [2.45, 2.75) is 45.1 Å². The highest BCUT2D eigenvalue weighted by Gasteiger charge is 2.22. The van der Waals surface area contributed by atoms with Crippen LogP contribution in [0.15, 0.2) is 30.6 Å². The van der Waals surface area contributed by atoms with Crippen LogP contribution in [0.5, 0.6) is 5.75 Å². The number of nitrogens with zero attached hydrogens (tertiary/aromatic N) is 4. The van der Waals surface area contributed by atoms with E-state index in [0.717, 1.165) is 53.8 Å². The zero-order valence-corrected chi connectivity index (χ0v) is 17.3. The van der Waals surface area contributed by atoms with Gasteiger partial charge < -0.3 is 18.9 Å². The maximum atomic E-state index is 6.02. The minimum absolute atomic E-state index is 0.0297. The summed E-state index contributed by atoms with van der Waals surface area (Å²) in [5, 5.41) is 10.5. The van der Waals surface area contributed by atoms with Gasteiger partial charge in [0.15, 0.2) is 6.23 Å². The number of hydrogen-bond donors (Lipinski definition) is 0. The van der Waals surface area contributed by atoms with Crippen LogP contribution in [0.4, 0.5) is 0 Å². The first-order valence-electron chi connectivity index (χ1n) is 10.8. The largest absolute Gasteiger partial charge is 0.491 e. The van der Waals surface area contributed by atoms with Gasteiger partial charge in [0.05, 0.1) is 44.2 Å². The molecule has 1 aromatic carbocycles. The van der Waals surface area contributed by atoms with Gasteiger partial charge in [0.1, 0.15) is 18.1 Å². The molecule has 0 saturated carbocycles. The summed E-state index contributed by atoms with van der Waals surface area (Å²) in [5.74, 6) is 0.806. The summed E-state index contributed by atoms with van der Waals surface area (Å²) in [6, 6.07) is 6.13. The molecule has 2 atom stereocenters. The fraction of sp³-hybridized carbons (Fsp3) is 0.545. The van der Waals surface area contributed by atoms with Crippen molar-refractivity contribution >= 4 is 10.9 Å². The number of benzene rings is 1. The standard InChI is InChI=1S/C22H28N4O4/c1-16-15-27-10-11-29-18-5-6-20-19(12-18)22(17-13-23-25(14-17)7-9-28-16)24-26(20)21-4-2-3-8-30-21/h5-6,12-14,16,21H,2-4,7-11,15H2,1H3/t16-,21?/m1/s1. The van der Waals surface area contributed by atoms with Gasteiger partial charge in [-0.15, -0.1) is 0 Å². The maximum Gasteiger partial charge on any atom is 0.150 e. The summed E-state index contributed by atoms with van der Waals surface area (Å²) in [7, 11) is 0. The van der Waals surface area contributed by atoms with Crippen molar-refractivity contribution in [2.24, 2.45) is 0 Å². The zero-order chi connectivity index (χ0) is 20.3. The van der Waals surface area contributed by atoms with Gasteiger partial charge in [-0.05, 0) is 44.4 Å². The Kier molecular flexibility index (Phi) is 5.70. The molecule has 1 unspecified atom stereocenters. The summed E-state index contributed by atoms with van der Waals surface area (Å²) in [4.78, 5) is 0. The maximum absolute atomic E-state index is 6.02. The minimum Gasteiger partial charge on any atom is -0.491 e. The van der Waals surface area contributed by atoms with E-state index in [9.17, 15) is 0 Å². The second-order valence-electron chi connectivity index (χ2n) is 7.89. The van der Waals surface area contributed by atoms with Crippen molar-refractivity contribution in [3.63, 3.8) is 0 Å². The lowest BCUT2D eigenvalue weighted by Gasteiger charge is -2.23. The van der Waals surface area contributed by atoms with E-state index in [-0.39, 0.29) is 12.3 Å². The zero-order valence-electron chi connectivity index (χ0n) is 17.3. The van der Waals surface area contributed by atoms with Crippen LogP contribution in [0.1, 0.15) is 32.4 Å². The second kappa shape index (κ2) is 8.75. The molecule has 8 nitrogen and oxygen atoms in total. The summed E-state index contributed by atoms with van der Waals surface area (Å²) in [6.07, 6.45) is 7.12. The van der Waals surface area contributed by atoms with Gasteiger partial charge in [-0.3, -0.25) is 4.68 Å². The first kappa shape index (κ1) is 19.5. The summed E-state index contributed by atoms with van der Waals surface area (Å²) >= 11 is 0. The number of ether oxygens (including phenoxy) is 4. The normalized spacial score (nSPS) is 23.5. The van der Waals surface area contributed by atoms with Crippen LogP contribution < -0.4 is 4.74 Å². The molecule has 160 valence electrons. The predicted molar refractivity (Wildman–Crippen MR) is 112 cm³/mol. The summed E-state index contributed by atoms with van der Waals surface area (Å²) in [6.45, 7) is 5.61. The fourth-order valence-corrected chi connectivity index (χ4v) is 4.03. The van der Waals surface area contributed by atoms with Crippen molar-refractivity contribution in [1.82, 2.24) is 19.6 Å². The Morgan fingerprint density at radius 2 is 2.03 bits per heavy atom. The molecule has 30 heavy (non-hydrogen) atoms. The highest BCUT2D eigenvalue weighted by molar-refractivity contribution is 5.94. The van der Waals surface area contributed by atoms with Crippen LogP contribution >= 0.6 is 0 Å². The predicted octanol–water partition coefficient (Wildman–Crippen LogP) is 3.41. The van der Waals surface area contributed by atoms with E-state index in [2.05, 4.69) is 17.2 Å². The summed E-state index contributed by atoms with van der Waals surface area (Å²) in [5.41, 5.74) is 2.93. The van der Waals surface area contributed by atoms with Gasteiger partial charge in [0.2, 0.25) is 0 Å². The Bertz CT molecular complexity index is 992. The number of rotatable bonds is 1. The van der Waals surface area contributed by atoms with Crippen LogP contribution in [0.25, 0.3) is 22.2 Å². The van der Waals surface area contributed by atoms with Crippen molar-refractivity contribution in [1.29, 1.82) is 0 Å². The van der Waals surface area contributed by atoms with E-state index in [1.807, 2.05) is 34.7 Å². The highest BCUT2D eigenvalue weighted by atomic mass is 16.5. The second-order valence-corrected chi connectivity index (χ2v) is 7.89. The lowest BCUT2D eigenvalue weighted by Crippen LogP contribution is -2.20. The van der Waals surface area contributed by atoms with Crippen molar-refractivity contribution in [3.8, 4) is 17.0 Å². The molecule has 0 amide bonds. The van der Waals surface area contributed by atoms with E-state index < -0.39 is 0 Å². The van der Waals surface area contributed by atoms with Crippen LogP contribution in [-0.4, -0.2) is 58.7 Å². The molecule has 1 saturated heterocycles. The van der Waals surface area contributed by atoms with Gasteiger partial charge in [0, 0.05) is 23.8 Å². The third-order valence-electron chi connectivity index (χ3n) is 5.58. The Morgan fingerprint density at radius 3 is 2.93 bits per heavy atom. The summed E-state index contributed by atoms with van der Waals surface area (Å²) < 4.78 is 27.4. The first-order valence-corrected chi connectivity index (χ1v) is 10.8. The molecule has 2 aromatic heterocycles. The van der Waals surface area contributed by atoms with Gasteiger partial charge in [-0.1, -0.05) is 0 Å². The number of aromatic nitrogens is 4. The molecule has 4 heterocycles. The van der Waals surface area contributed by atoms with Crippen molar-refractivity contribution in [3.05, 3.63) is 30.6 Å². The Hall–Kier alpha value is -2.42. The first-order chi connectivity index (χ1) is 14.8. The minimum atomic E-state index is -0.0331. The molecule has 0 N–H and O–H groups in total. The number of hydrogen-bond acceptors (Lipinski definition) is 6. The molecule has 3 aromatic rings. The van der Waals surface area contributed by atoms with Crippen molar-refractivity contribution in [2.75, 3.05) is 33.0 Å². The molecular formula is C22H28N4O4. The Labute approximate surface area is 175 Å². The van der Waals surface area contributed by atoms with E-state index >= 15 is 0 Å². The Balaban J connectivity index is 1.54. The van der Waals surface area contributed by atoms with Crippen molar-refractivity contribution < 1.29 is 18.9 Å². The lowest BCUT2D eigenvalue weighted by molar-refractivity contribution is -0.0365. The topological polar surface area (TPSA) is 72.6 Å². The molecule has 8 heteroatoms. The van der Waals surface area contributed by atoms with E-state index in [1.165, 1.54) is 0 Å². The van der Waals surface area contributed by atoms with Gasteiger partial charge in [-0.2, -0.15) is 10.2 Å². The van der Waals surface area contributed by atoms with E-state index in [1.54, 1.807) is 0 Å². The average molecular weight is 412 g/mol. The molecule has 2 aliphatic rings. The molecule has 2 aliphatic heterocycles.